The Kier molecular flexibility index (Phi) is 3.93. The van der Waals surface area contributed by atoms with Crippen molar-refractivity contribution in [3.63, 3.8) is 0 Å². The number of hydrogen-bond donors (Lipinski definition) is 0. The number of halogens is 2. The van der Waals surface area contributed by atoms with Crippen molar-refractivity contribution in [2.24, 2.45) is 0 Å². The number of nitrogens with zero attached hydrogens (tertiary/aromatic N) is 2. The molecule has 3 aromatic rings. The van der Waals surface area contributed by atoms with Crippen LogP contribution in [0, 0.1) is 5.82 Å². The van der Waals surface area contributed by atoms with E-state index in [1.807, 2.05) is 36.4 Å². The molecule has 0 bridgehead atoms. The maximum atomic E-state index is 13.2. The minimum Gasteiger partial charge on any atom is -0.232 e. The smallest absolute Gasteiger partial charge is 0.135 e. The highest BCUT2D eigenvalue weighted by molar-refractivity contribution is 6.29. The van der Waals surface area contributed by atoms with Crippen molar-refractivity contribution in [2.75, 3.05) is 0 Å². The Morgan fingerprint density at radius 1 is 0.905 bits per heavy atom. The van der Waals surface area contributed by atoms with E-state index in [9.17, 15) is 4.39 Å². The van der Waals surface area contributed by atoms with Crippen LogP contribution in [-0.2, 0) is 6.42 Å². The van der Waals surface area contributed by atoms with Crippen LogP contribution in [0.1, 0.15) is 11.4 Å². The van der Waals surface area contributed by atoms with E-state index in [-0.39, 0.29) is 5.82 Å². The predicted octanol–water partition coefficient (Wildman–Crippen LogP) is 4.53. The van der Waals surface area contributed by atoms with E-state index in [4.69, 9.17) is 11.6 Å². The summed E-state index contributed by atoms with van der Waals surface area (Å²) < 4.78 is 13.2. The minimum absolute atomic E-state index is 0.266. The maximum absolute atomic E-state index is 13.2. The summed E-state index contributed by atoms with van der Waals surface area (Å²) in [6.45, 7) is 0. The average Bonchev–Trinajstić information content (AvgIpc) is 2.47. The fourth-order valence-corrected chi connectivity index (χ4v) is 2.33. The molecule has 0 radical (unpaired) electrons. The van der Waals surface area contributed by atoms with Crippen molar-refractivity contribution >= 4 is 11.6 Å². The molecule has 0 saturated carbocycles. The predicted molar refractivity (Wildman–Crippen MR) is 81.7 cm³/mol. The van der Waals surface area contributed by atoms with Crippen molar-refractivity contribution in [1.82, 2.24) is 9.97 Å². The first-order valence-electron chi connectivity index (χ1n) is 6.54. The second kappa shape index (κ2) is 6.02. The van der Waals surface area contributed by atoms with Gasteiger partial charge in [0.15, 0.2) is 0 Å². The molecule has 1 aromatic heterocycles. The molecule has 0 amide bonds. The lowest BCUT2D eigenvalue weighted by Gasteiger charge is -2.06. The summed E-state index contributed by atoms with van der Waals surface area (Å²) in [5.41, 5.74) is 2.56. The largest absolute Gasteiger partial charge is 0.232 e. The Hall–Kier alpha value is -2.26. The molecule has 104 valence electrons. The monoisotopic (exact) mass is 298 g/mol. The topological polar surface area (TPSA) is 25.8 Å². The van der Waals surface area contributed by atoms with Crippen molar-refractivity contribution < 1.29 is 4.39 Å². The summed E-state index contributed by atoms with van der Waals surface area (Å²) in [7, 11) is 0. The van der Waals surface area contributed by atoms with E-state index in [2.05, 4.69) is 9.97 Å². The number of hydrogen-bond acceptors (Lipinski definition) is 2. The van der Waals surface area contributed by atoms with Crippen molar-refractivity contribution in [1.29, 1.82) is 0 Å². The first-order chi connectivity index (χ1) is 10.2. The molecule has 2 aromatic carbocycles. The van der Waals surface area contributed by atoms with E-state index < -0.39 is 0 Å². The minimum atomic E-state index is -0.266. The first kappa shape index (κ1) is 13.7. The molecule has 21 heavy (non-hydrogen) atoms. The SMILES string of the molecule is Fc1cccc(Cc2nc(Cl)cc(-c3ccccc3)n2)c1. The molecule has 4 heteroatoms. The molecule has 0 atom stereocenters. The van der Waals surface area contributed by atoms with Gasteiger partial charge in [0.2, 0.25) is 0 Å². The average molecular weight is 299 g/mol. The molecule has 0 fully saturated rings. The van der Waals surface area contributed by atoms with E-state index in [0.717, 1.165) is 16.8 Å². The number of benzene rings is 2. The standard InChI is InChI=1S/C17H12ClFN2/c18-16-11-15(13-6-2-1-3-7-13)20-17(21-16)10-12-5-4-8-14(19)9-12/h1-9,11H,10H2. The molecular formula is C17H12ClFN2. The van der Waals surface area contributed by atoms with Gasteiger partial charge in [0, 0.05) is 18.1 Å². The normalized spacial score (nSPS) is 10.6. The van der Waals surface area contributed by atoms with Gasteiger partial charge in [0.1, 0.15) is 16.8 Å². The lowest BCUT2D eigenvalue weighted by molar-refractivity contribution is 0.626. The highest BCUT2D eigenvalue weighted by Crippen LogP contribution is 2.20. The fourth-order valence-electron chi connectivity index (χ4n) is 2.13. The van der Waals surface area contributed by atoms with Gasteiger partial charge in [-0.1, -0.05) is 54.1 Å². The maximum Gasteiger partial charge on any atom is 0.135 e. The zero-order valence-corrected chi connectivity index (χ0v) is 11.9. The van der Waals surface area contributed by atoms with E-state index in [1.54, 1.807) is 12.1 Å². The van der Waals surface area contributed by atoms with Crippen LogP contribution in [0.4, 0.5) is 4.39 Å². The molecule has 0 aliphatic carbocycles. The number of aromatic nitrogens is 2. The first-order valence-corrected chi connectivity index (χ1v) is 6.92. The highest BCUT2D eigenvalue weighted by atomic mass is 35.5. The quantitative estimate of drug-likeness (QED) is 0.664. The molecule has 0 aliphatic rings. The third-order valence-corrected chi connectivity index (χ3v) is 3.26. The Morgan fingerprint density at radius 2 is 1.71 bits per heavy atom. The molecule has 0 aliphatic heterocycles. The Labute approximate surface area is 127 Å². The zero-order valence-electron chi connectivity index (χ0n) is 11.1. The molecule has 3 rings (SSSR count). The molecule has 2 nitrogen and oxygen atoms in total. The molecule has 1 heterocycles. The van der Waals surface area contributed by atoms with Crippen LogP contribution in [0.15, 0.2) is 60.7 Å². The number of rotatable bonds is 3. The van der Waals surface area contributed by atoms with Crippen molar-refractivity contribution in [3.8, 4) is 11.3 Å². The van der Waals surface area contributed by atoms with E-state index in [0.29, 0.717) is 17.4 Å². The van der Waals surface area contributed by atoms with Crippen molar-refractivity contribution in [3.05, 3.63) is 83.0 Å². The van der Waals surface area contributed by atoms with Gasteiger partial charge >= 0.3 is 0 Å². The molecule has 0 spiro atoms. The lowest BCUT2D eigenvalue weighted by Crippen LogP contribution is -1.99. The van der Waals surface area contributed by atoms with Gasteiger partial charge < -0.3 is 0 Å². The molecule has 0 saturated heterocycles. The second-order valence-electron chi connectivity index (χ2n) is 4.66. The van der Waals surface area contributed by atoms with Gasteiger partial charge in [0.05, 0.1) is 5.69 Å². The summed E-state index contributed by atoms with van der Waals surface area (Å²) in [4.78, 5) is 8.73. The van der Waals surface area contributed by atoms with Gasteiger partial charge in [-0.3, -0.25) is 0 Å². The molecular weight excluding hydrogens is 287 g/mol. The summed E-state index contributed by atoms with van der Waals surface area (Å²) >= 11 is 6.07. The second-order valence-corrected chi connectivity index (χ2v) is 5.05. The van der Waals surface area contributed by atoms with E-state index in [1.165, 1.54) is 12.1 Å². The fraction of sp³-hybridized carbons (Fsp3) is 0.0588. The lowest BCUT2D eigenvalue weighted by atomic mass is 10.1. The summed E-state index contributed by atoms with van der Waals surface area (Å²) in [5, 5.41) is 0.384. The van der Waals surface area contributed by atoms with Crippen LogP contribution in [-0.4, -0.2) is 9.97 Å². The summed E-state index contributed by atoms with van der Waals surface area (Å²) in [6.07, 6.45) is 0.443. The Balaban J connectivity index is 1.95. The van der Waals surface area contributed by atoms with Crippen LogP contribution >= 0.6 is 11.6 Å². The highest BCUT2D eigenvalue weighted by Gasteiger charge is 2.07. The van der Waals surface area contributed by atoms with Crippen LogP contribution in [0.25, 0.3) is 11.3 Å². The van der Waals surface area contributed by atoms with Gasteiger partial charge in [-0.2, -0.15) is 0 Å². The Bertz CT molecular complexity index is 760. The Morgan fingerprint density at radius 3 is 2.48 bits per heavy atom. The third-order valence-electron chi connectivity index (χ3n) is 3.06. The molecule has 0 N–H and O–H groups in total. The van der Waals surface area contributed by atoms with Crippen LogP contribution in [0.3, 0.4) is 0 Å². The van der Waals surface area contributed by atoms with Crippen LogP contribution in [0.2, 0.25) is 5.15 Å². The van der Waals surface area contributed by atoms with Gasteiger partial charge in [-0.05, 0) is 17.7 Å². The van der Waals surface area contributed by atoms with E-state index >= 15 is 0 Å². The zero-order chi connectivity index (χ0) is 14.7. The van der Waals surface area contributed by atoms with Crippen LogP contribution < -0.4 is 0 Å². The summed E-state index contributed by atoms with van der Waals surface area (Å²) in [6, 6.07) is 17.9. The third kappa shape index (κ3) is 3.44. The molecule has 0 unspecified atom stereocenters. The summed E-state index contributed by atoms with van der Waals surface area (Å²) in [5.74, 6) is 0.310. The van der Waals surface area contributed by atoms with Gasteiger partial charge in [0.25, 0.3) is 0 Å². The van der Waals surface area contributed by atoms with Crippen molar-refractivity contribution in [2.45, 2.75) is 6.42 Å². The van der Waals surface area contributed by atoms with Crippen LogP contribution in [0.5, 0.6) is 0 Å². The van der Waals surface area contributed by atoms with Gasteiger partial charge in [-0.15, -0.1) is 0 Å². The van der Waals surface area contributed by atoms with Gasteiger partial charge in [-0.25, -0.2) is 14.4 Å².